The minimum atomic E-state index is -0.220. The maximum atomic E-state index is 12.9. The number of quaternary nitrogens is 1. The second-order valence-electron chi connectivity index (χ2n) is 7.44. The van der Waals surface area contributed by atoms with Crippen LogP contribution in [0.5, 0.6) is 11.5 Å². The van der Waals surface area contributed by atoms with Gasteiger partial charge in [0.15, 0.2) is 24.1 Å². The lowest BCUT2D eigenvalue weighted by Gasteiger charge is -2.33. The standard InChI is InChI=1S/C20H29N3O4/c1-2-9-23(12-16-14-26-17-5-3-4-6-18(17)27-16)19(24)13-22-10-7-15(8-11-22)20(21)25/h3-6,15-16H,2,7-14H2,1H3,(H2,21,25)/p+1/t16-/m0/s1. The first kappa shape index (κ1) is 19.5. The van der Waals surface area contributed by atoms with Crippen molar-refractivity contribution in [3.63, 3.8) is 0 Å². The predicted octanol–water partition coefficient (Wildman–Crippen LogP) is -0.155. The summed E-state index contributed by atoms with van der Waals surface area (Å²) in [6, 6.07) is 7.61. The summed E-state index contributed by atoms with van der Waals surface area (Å²) >= 11 is 0. The van der Waals surface area contributed by atoms with E-state index >= 15 is 0 Å². The second kappa shape index (κ2) is 9.08. The Morgan fingerprint density at radius 1 is 1.22 bits per heavy atom. The van der Waals surface area contributed by atoms with E-state index in [4.69, 9.17) is 15.2 Å². The van der Waals surface area contributed by atoms with Crippen molar-refractivity contribution in [3.8, 4) is 11.5 Å². The number of piperidine rings is 1. The van der Waals surface area contributed by atoms with Crippen LogP contribution in [0.4, 0.5) is 0 Å². The van der Waals surface area contributed by atoms with Gasteiger partial charge in [0.2, 0.25) is 5.91 Å². The first-order valence-corrected chi connectivity index (χ1v) is 9.86. The topological polar surface area (TPSA) is 86.3 Å². The van der Waals surface area contributed by atoms with Gasteiger partial charge in [-0.05, 0) is 18.6 Å². The molecule has 2 aliphatic heterocycles. The number of nitrogens with one attached hydrogen (secondary N) is 1. The van der Waals surface area contributed by atoms with E-state index in [1.54, 1.807) is 0 Å². The zero-order chi connectivity index (χ0) is 19.2. The van der Waals surface area contributed by atoms with Crippen molar-refractivity contribution in [2.24, 2.45) is 11.7 Å². The van der Waals surface area contributed by atoms with Gasteiger partial charge in [0, 0.05) is 25.3 Å². The normalized spacial score (nSPS) is 24.3. The van der Waals surface area contributed by atoms with E-state index in [9.17, 15) is 9.59 Å². The maximum Gasteiger partial charge on any atom is 0.277 e. The number of carbonyl (C=O) groups is 2. The van der Waals surface area contributed by atoms with Crippen LogP contribution in [-0.2, 0) is 9.59 Å². The monoisotopic (exact) mass is 376 g/mol. The quantitative estimate of drug-likeness (QED) is 0.693. The van der Waals surface area contributed by atoms with Crippen LogP contribution in [0.25, 0.3) is 0 Å². The molecule has 2 heterocycles. The molecule has 7 heteroatoms. The van der Waals surface area contributed by atoms with Gasteiger partial charge in [0.25, 0.3) is 5.91 Å². The Morgan fingerprint density at radius 2 is 1.93 bits per heavy atom. The maximum absolute atomic E-state index is 12.9. The van der Waals surface area contributed by atoms with E-state index in [-0.39, 0.29) is 23.8 Å². The molecule has 0 bridgehead atoms. The number of likely N-dealkylation sites (tertiary alicyclic amines) is 1. The van der Waals surface area contributed by atoms with Crippen molar-refractivity contribution in [3.05, 3.63) is 24.3 Å². The Hall–Kier alpha value is -2.28. The molecule has 3 N–H and O–H groups in total. The third-order valence-electron chi connectivity index (χ3n) is 5.33. The fraction of sp³-hybridized carbons (Fsp3) is 0.600. The highest BCUT2D eigenvalue weighted by Crippen LogP contribution is 2.31. The summed E-state index contributed by atoms with van der Waals surface area (Å²) < 4.78 is 11.8. The van der Waals surface area contributed by atoms with E-state index in [1.807, 2.05) is 29.2 Å². The molecule has 1 saturated heterocycles. The molecule has 1 atom stereocenters. The average molecular weight is 376 g/mol. The number of hydrogen-bond donors (Lipinski definition) is 2. The summed E-state index contributed by atoms with van der Waals surface area (Å²) in [5, 5.41) is 0. The first-order valence-electron chi connectivity index (χ1n) is 9.86. The number of nitrogens with zero attached hydrogens (tertiary/aromatic N) is 1. The number of fused-ring (bicyclic) bond motifs is 1. The Labute approximate surface area is 160 Å². The molecule has 0 spiro atoms. The van der Waals surface area contributed by atoms with E-state index in [0.29, 0.717) is 26.2 Å². The largest absolute Gasteiger partial charge is 0.486 e. The Kier molecular flexibility index (Phi) is 6.55. The summed E-state index contributed by atoms with van der Waals surface area (Å²) in [5.74, 6) is 1.36. The third-order valence-corrected chi connectivity index (χ3v) is 5.33. The SMILES string of the molecule is CCCN(C[C@H]1COc2ccccc2O1)C(=O)C[NH+]1CCC(C(N)=O)CC1. The van der Waals surface area contributed by atoms with E-state index in [2.05, 4.69) is 6.92 Å². The van der Waals surface area contributed by atoms with Crippen molar-refractivity contribution in [1.29, 1.82) is 0 Å². The lowest BCUT2D eigenvalue weighted by molar-refractivity contribution is -0.898. The molecular weight excluding hydrogens is 346 g/mol. The predicted molar refractivity (Wildman–Crippen MR) is 101 cm³/mol. The highest BCUT2D eigenvalue weighted by molar-refractivity contribution is 5.77. The van der Waals surface area contributed by atoms with Crippen LogP contribution >= 0.6 is 0 Å². The van der Waals surface area contributed by atoms with Crippen molar-refractivity contribution >= 4 is 11.8 Å². The van der Waals surface area contributed by atoms with Gasteiger partial charge in [-0.3, -0.25) is 9.59 Å². The number of carbonyl (C=O) groups excluding carboxylic acids is 2. The highest BCUT2D eigenvalue weighted by atomic mass is 16.6. The summed E-state index contributed by atoms with van der Waals surface area (Å²) in [7, 11) is 0. The molecule has 3 rings (SSSR count). The summed E-state index contributed by atoms with van der Waals surface area (Å²) in [5.41, 5.74) is 5.39. The molecule has 27 heavy (non-hydrogen) atoms. The third kappa shape index (κ3) is 5.13. The van der Waals surface area contributed by atoms with Crippen LogP contribution < -0.4 is 20.1 Å². The Morgan fingerprint density at radius 3 is 2.59 bits per heavy atom. The zero-order valence-electron chi connectivity index (χ0n) is 16.0. The van der Waals surface area contributed by atoms with E-state index in [1.165, 1.54) is 4.90 Å². The van der Waals surface area contributed by atoms with Crippen molar-refractivity contribution in [2.45, 2.75) is 32.3 Å². The first-order chi connectivity index (χ1) is 13.1. The number of rotatable bonds is 7. The molecule has 0 saturated carbocycles. The fourth-order valence-corrected chi connectivity index (χ4v) is 3.80. The number of amides is 2. The Bertz CT molecular complexity index is 658. The van der Waals surface area contributed by atoms with Gasteiger partial charge >= 0.3 is 0 Å². The zero-order valence-corrected chi connectivity index (χ0v) is 16.0. The van der Waals surface area contributed by atoms with Gasteiger partial charge in [0.1, 0.15) is 6.61 Å². The fourth-order valence-electron chi connectivity index (χ4n) is 3.80. The molecule has 1 fully saturated rings. The number of ether oxygens (including phenoxy) is 2. The van der Waals surface area contributed by atoms with Gasteiger partial charge in [-0.15, -0.1) is 0 Å². The minimum Gasteiger partial charge on any atom is -0.486 e. The molecular formula is C20H30N3O4+. The van der Waals surface area contributed by atoms with Crippen molar-refractivity contribution in [1.82, 2.24) is 4.90 Å². The lowest BCUT2D eigenvalue weighted by atomic mass is 9.96. The van der Waals surface area contributed by atoms with Crippen LogP contribution in [0, 0.1) is 5.92 Å². The van der Waals surface area contributed by atoms with Crippen LogP contribution in [-0.4, -0.2) is 62.1 Å². The molecule has 2 aliphatic rings. The van der Waals surface area contributed by atoms with Gasteiger partial charge in [0.05, 0.1) is 19.6 Å². The smallest absolute Gasteiger partial charge is 0.277 e. The van der Waals surface area contributed by atoms with Crippen LogP contribution in [0.15, 0.2) is 24.3 Å². The molecule has 1 aromatic carbocycles. The lowest BCUT2D eigenvalue weighted by Crippen LogP contribution is -3.14. The summed E-state index contributed by atoms with van der Waals surface area (Å²) in [6.45, 7) is 5.83. The number of primary amides is 1. The molecule has 7 nitrogen and oxygen atoms in total. The summed E-state index contributed by atoms with van der Waals surface area (Å²) in [4.78, 5) is 27.3. The molecule has 1 aromatic rings. The summed E-state index contributed by atoms with van der Waals surface area (Å²) in [6.07, 6.45) is 2.27. The van der Waals surface area contributed by atoms with E-state index < -0.39 is 0 Å². The van der Waals surface area contributed by atoms with Crippen LogP contribution in [0.3, 0.4) is 0 Å². The number of para-hydroxylation sites is 2. The van der Waals surface area contributed by atoms with Gasteiger partial charge in [-0.1, -0.05) is 19.1 Å². The molecule has 0 aliphatic carbocycles. The van der Waals surface area contributed by atoms with Crippen LogP contribution in [0.1, 0.15) is 26.2 Å². The van der Waals surface area contributed by atoms with Gasteiger partial charge in [-0.25, -0.2) is 0 Å². The molecule has 148 valence electrons. The van der Waals surface area contributed by atoms with Crippen LogP contribution in [0.2, 0.25) is 0 Å². The molecule has 0 radical (unpaired) electrons. The van der Waals surface area contributed by atoms with Crippen molar-refractivity contribution in [2.75, 3.05) is 39.3 Å². The number of nitrogens with two attached hydrogens (primary N) is 1. The minimum absolute atomic E-state index is 0.0385. The van der Waals surface area contributed by atoms with Gasteiger partial charge < -0.3 is 25.0 Å². The highest BCUT2D eigenvalue weighted by Gasteiger charge is 2.30. The number of benzene rings is 1. The Balaban J connectivity index is 1.53. The van der Waals surface area contributed by atoms with Gasteiger partial charge in [-0.2, -0.15) is 0 Å². The van der Waals surface area contributed by atoms with E-state index in [0.717, 1.165) is 43.9 Å². The number of hydrogen-bond acceptors (Lipinski definition) is 4. The second-order valence-corrected chi connectivity index (χ2v) is 7.44. The molecule has 0 unspecified atom stereocenters. The van der Waals surface area contributed by atoms with Crippen molar-refractivity contribution < 1.29 is 24.0 Å². The molecule has 0 aromatic heterocycles. The molecule has 2 amide bonds. The average Bonchev–Trinajstić information content (AvgIpc) is 2.68.